The Labute approximate surface area is 177 Å². The number of benzene rings is 1. The Bertz CT molecular complexity index is 472. The number of halogens is 1. The number of guanidine groups is 1. The lowest BCUT2D eigenvalue weighted by molar-refractivity contribution is 0.178. The van der Waals surface area contributed by atoms with Gasteiger partial charge in [-0.1, -0.05) is 18.2 Å². The van der Waals surface area contributed by atoms with Gasteiger partial charge in [-0.15, -0.1) is 24.0 Å². The molecule has 0 atom stereocenters. The first-order valence-electron chi connectivity index (χ1n) is 9.42. The molecule has 0 fully saturated rings. The number of para-hydroxylation sites is 1. The lowest BCUT2D eigenvalue weighted by Crippen LogP contribution is -2.45. The Morgan fingerprint density at radius 2 is 1.62 bits per heavy atom. The predicted molar refractivity (Wildman–Crippen MR) is 123 cm³/mol. The SMILES string of the molecule is CN=C(NCCCCOc1ccccc1)NCCN(C(C)C)C(C)C.I. The van der Waals surface area contributed by atoms with Gasteiger partial charge in [0.05, 0.1) is 6.61 Å². The number of nitrogens with zero attached hydrogens (tertiary/aromatic N) is 2. The van der Waals surface area contributed by atoms with Crippen molar-refractivity contribution in [2.24, 2.45) is 4.99 Å². The third kappa shape index (κ3) is 10.9. The monoisotopic (exact) mass is 476 g/mol. The van der Waals surface area contributed by atoms with E-state index in [1.807, 2.05) is 37.4 Å². The van der Waals surface area contributed by atoms with Crippen molar-refractivity contribution >= 4 is 29.9 Å². The lowest BCUT2D eigenvalue weighted by Gasteiger charge is -2.30. The molecule has 2 N–H and O–H groups in total. The Balaban J connectivity index is 0.00000625. The van der Waals surface area contributed by atoms with Crippen molar-refractivity contribution in [3.63, 3.8) is 0 Å². The number of unbranched alkanes of at least 4 members (excludes halogenated alkanes) is 1. The first kappa shape index (κ1) is 25.0. The fraction of sp³-hybridized carbons (Fsp3) is 0.650. The van der Waals surface area contributed by atoms with Crippen molar-refractivity contribution in [2.75, 3.05) is 33.3 Å². The van der Waals surface area contributed by atoms with Gasteiger partial charge < -0.3 is 15.4 Å². The zero-order valence-corrected chi connectivity index (χ0v) is 19.3. The summed E-state index contributed by atoms with van der Waals surface area (Å²) in [5, 5.41) is 6.76. The topological polar surface area (TPSA) is 48.9 Å². The van der Waals surface area contributed by atoms with Crippen LogP contribution in [0.25, 0.3) is 0 Å². The van der Waals surface area contributed by atoms with Gasteiger partial charge in [-0.05, 0) is 52.7 Å². The van der Waals surface area contributed by atoms with E-state index in [1.165, 1.54) is 0 Å². The zero-order valence-electron chi connectivity index (χ0n) is 17.0. The molecule has 0 unspecified atom stereocenters. The van der Waals surface area contributed by atoms with Crippen LogP contribution in [0.2, 0.25) is 0 Å². The summed E-state index contributed by atoms with van der Waals surface area (Å²) in [5.74, 6) is 1.81. The summed E-state index contributed by atoms with van der Waals surface area (Å²) in [6.45, 7) is 12.5. The predicted octanol–water partition coefficient (Wildman–Crippen LogP) is 3.75. The van der Waals surface area contributed by atoms with Gasteiger partial charge in [0.15, 0.2) is 5.96 Å². The van der Waals surface area contributed by atoms with Crippen LogP contribution < -0.4 is 15.4 Å². The molecule has 1 rings (SSSR count). The molecule has 0 saturated heterocycles. The van der Waals surface area contributed by atoms with Crippen LogP contribution in [0.5, 0.6) is 5.75 Å². The molecular weight excluding hydrogens is 439 g/mol. The minimum Gasteiger partial charge on any atom is -0.494 e. The Morgan fingerprint density at radius 3 is 2.19 bits per heavy atom. The van der Waals surface area contributed by atoms with Crippen LogP contribution in [-0.4, -0.2) is 56.2 Å². The molecule has 0 saturated carbocycles. The fourth-order valence-electron chi connectivity index (χ4n) is 2.78. The highest BCUT2D eigenvalue weighted by atomic mass is 127. The van der Waals surface area contributed by atoms with E-state index >= 15 is 0 Å². The van der Waals surface area contributed by atoms with Crippen LogP contribution in [0, 0.1) is 0 Å². The molecule has 0 heterocycles. The normalized spacial score (nSPS) is 11.6. The highest BCUT2D eigenvalue weighted by molar-refractivity contribution is 14.0. The van der Waals surface area contributed by atoms with Crippen molar-refractivity contribution in [2.45, 2.75) is 52.6 Å². The molecule has 6 heteroatoms. The maximum atomic E-state index is 5.70. The molecule has 0 aliphatic rings. The second kappa shape index (κ2) is 15.1. The summed E-state index contributed by atoms with van der Waals surface area (Å²) in [6, 6.07) is 11.1. The molecule has 0 bridgehead atoms. The maximum Gasteiger partial charge on any atom is 0.191 e. The number of nitrogens with one attached hydrogen (secondary N) is 2. The van der Waals surface area contributed by atoms with E-state index in [0.717, 1.165) is 50.8 Å². The first-order chi connectivity index (χ1) is 12.0. The minimum atomic E-state index is 0. The van der Waals surface area contributed by atoms with Gasteiger partial charge >= 0.3 is 0 Å². The van der Waals surface area contributed by atoms with Crippen LogP contribution in [0.3, 0.4) is 0 Å². The smallest absolute Gasteiger partial charge is 0.191 e. The largest absolute Gasteiger partial charge is 0.494 e. The zero-order chi connectivity index (χ0) is 18.5. The average Bonchev–Trinajstić information content (AvgIpc) is 2.59. The highest BCUT2D eigenvalue weighted by Gasteiger charge is 2.12. The van der Waals surface area contributed by atoms with E-state index in [9.17, 15) is 0 Å². The second-order valence-corrected chi connectivity index (χ2v) is 6.72. The van der Waals surface area contributed by atoms with E-state index in [1.54, 1.807) is 0 Å². The Hall–Kier alpha value is -1.02. The molecule has 26 heavy (non-hydrogen) atoms. The number of ether oxygens (including phenoxy) is 1. The van der Waals surface area contributed by atoms with E-state index in [2.05, 4.69) is 48.2 Å². The molecule has 0 amide bonds. The van der Waals surface area contributed by atoms with Crippen molar-refractivity contribution in [1.82, 2.24) is 15.5 Å². The maximum absolute atomic E-state index is 5.70. The second-order valence-electron chi connectivity index (χ2n) is 6.72. The van der Waals surface area contributed by atoms with Crippen LogP contribution in [0.15, 0.2) is 35.3 Å². The van der Waals surface area contributed by atoms with Gasteiger partial charge in [-0.3, -0.25) is 9.89 Å². The summed E-state index contributed by atoms with van der Waals surface area (Å²) < 4.78 is 5.70. The van der Waals surface area contributed by atoms with Gasteiger partial charge in [0.25, 0.3) is 0 Å². The van der Waals surface area contributed by atoms with E-state index in [4.69, 9.17) is 4.74 Å². The number of hydrogen-bond donors (Lipinski definition) is 2. The lowest BCUT2D eigenvalue weighted by atomic mass is 10.2. The molecule has 0 aromatic heterocycles. The molecule has 5 nitrogen and oxygen atoms in total. The molecule has 0 radical (unpaired) electrons. The summed E-state index contributed by atoms with van der Waals surface area (Å²) in [4.78, 5) is 6.76. The highest BCUT2D eigenvalue weighted by Crippen LogP contribution is 2.08. The number of hydrogen-bond acceptors (Lipinski definition) is 3. The minimum absolute atomic E-state index is 0. The number of aliphatic imine (C=N–C) groups is 1. The quantitative estimate of drug-likeness (QED) is 0.221. The Morgan fingerprint density at radius 1 is 1.00 bits per heavy atom. The first-order valence-corrected chi connectivity index (χ1v) is 9.42. The van der Waals surface area contributed by atoms with Crippen molar-refractivity contribution in [1.29, 1.82) is 0 Å². The van der Waals surface area contributed by atoms with E-state index in [0.29, 0.717) is 12.1 Å². The molecule has 1 aromatic rings. The van der Waals surface area contributed by atoms with Crippen LogP contribution >= 0.6 is 24.0 Å². The molecule has 0 aliphatic carbocycles. The van der Waals surface area contributed by atoms with Crippen molar-refractivity contribution in [3.05, 3.63) is 30.3 Å². The van der Waals surface area contributed by atoms with Crippen molar-refractivity contribution in [3.8, 4) is 5.75 Å². The molecule has 0 spiro atoms. The van der Waals surface area contributed by atoms with Gasteiger partial charge in [-0.25, -0.2) is 0 Å². The van der Waals surface area contributed by atoms with Crippen molar-refractivity contribution < 1.29 is 4.74 Å². The van der Waals surface area contributed by atoms with Gasteiger partial charge in [0.2, 0.25) is 0 Å². The van der Waals surface area contributed by atoms with Gasteiger partial charge in [0.1, 0.15) is 5.75 Å². The van der Waals surface area contributed by atoms with E-state index in [-0.39, 0.29) is 24.0 Å². The van der Waals surface area contributed by atoms with Gasteiger partial charge in [-0.2, -0.15) is 0 Å². The summed E-state index contributed by atoms with van der Waals surface area (Å²) in [6.07, 6.45) is 2.07. The molecular formula is C20H37IN4O. The standard InChI is InChI=1S/C20H36N4O.HI/c1-17(2)24(18(3)4)15-14-23-20(21-5)22-13-9-10-16-25-19-11-7-6-8-12-19;/h6-8,11-12,17-18H,9-10,13-16H2,1-5H3,(H2,21,22,23);1H. The van der Waals surface area contributed by atoms with Crippen LogP contribution in [0.1, 0.15) is 40.5 Å². The third-order valence-corrected chi connectivity index (χ3v) is 4.09. The van der Waals surface area contributed by atoms with Gasteiger partial charge in [0, 0.05) is 38.8 Å². The summed E-state index contributed by atoms with van der Waals surface area (Å²) in [5.41, 5.74) is 0. The molecule has 1 aromatic carbocycles. The summed E-state index contributed by atoms with van der Waals surface area (Å²) in [7, 11) is 1.82. The number of rotatable bonds is 11. The van der Waals surface area contributed by atoms with Crippen LogP contribution in [-0.2, 0) is 0 Å². The van der Waals surface area contributed by atoms with Crippen LogP contribution in [0.4, 0.5) is 0 Å². The molecule has 0 aliphatic heterocycles. The Kier molecular flexibility index (Phi) is 14.5. The third-order valence-electron chi connectivity index (χ3n) is 4.09. The average molecular weight is 476 g/mol. The summed E-state index contributed by atoms with van der Waals surface area (Å²) >= 11 is 0. The fourth-order valence-corrected chi connectivity index (χ4v) is 2.78. The van der Waals surface area contributed by atoms with E-state index < -0.39 is 0 Å². The molecule has 150 valence electrons.